The zero-order valence-corrected chi connectivity index (χ0v) is 12.6. The molecule has 0 saturated heterocycles. The summed E-state index contributed by atoms with van der Waals surface area (Å²) in [6.45, 7) is 4.66. The summed E-state index contributed by atoms with van der Waals surface area (Å²) in [7, 11) is 0. The van der Waals surface area contributed by atoms with Crippen molar-refractivity contribution in [2.45, 2.75) is 84.5 Å². The number of rotatable bonds is 11. The minimum atomic E-state index is 0.893. The second kappa shape index (κ2) is 10.4. The SMILES string of the molecule is CC(C)CCCCCCCCCCC1=CC=CC1. The first-order valence-electron chi connectivity index (χ1n) is 8.13. The van der Waals surface area contributed by atoms with Crippen LogP contribution in [0.3, 0.4) is 0 Å². The van der Waals surface area contributed by atoms with Gasteiger partial charge in [0.25, 0.3) is 0 Å². The molecule has 0 radical (unpaired) electrons. The van der Waals surface area contributed by atoms with Crippen molar-refractivity contribution in [2.24, 2.45) is 5.92 Å². The van der Waals surface area contributed by atoms with Crippen LogP contribution in [0, 0.1) is 5.92 Å². The van der Waals surface area contributed by atoms with Crippen LogP contribution in [0.2, 0.25) is 0 Å². The maximum atomic E-state index is 2.33. The number of hydrogen-bond donors (Lipinski definition) is 0. The third-order valence-corrected chi connectivity index (χ3v) is 3.88. The molecule has 0 nitrogen and oxygen atoms in total. The average Bonchev–Trinajstić information content (AvgIpc) is 2.84. The number of allylic oxidation sites excluding steroid dienone is 4. The Kier molecular flexibility index (Phi) is 8.98. The molecule has 0 fully saturated rings. The molecule has 0 heteroatoms. The second-order valence-corrected chi connectivity index (χ2v) is 6.22. The van der Waals surface area contributed by atoms with Crippen molar-refractivity contribution >= 4 is 0 Å². The molecule has 1 aliphatic carbocycles. The molecule has 0 saturated carbocycles. The van der Waals surface area contributed by atoms with Crippen molar-refractivity contribution in [3.63, 3.8) is 0 Å². The normalized spacial score (nSPS) is 14.5. The molecule has 104 valence electrons. The Morgan fingerprint density at radius 2 is 1.50 bits per heavy atom. The summed E-state index contributed by atoms with van der Waals surface area (Å²) in [6, 6.07) is 0. The molecule has 0 aromatic rings. The van der Waals surface area contributed by atoms with Gasteiger partial charge in [-0.2, -0.15) is 0 Å². The lowest BCUT2D eigenvalue weighted by atomic mass is 10.0. The predicted molar refractivity (Wildman–Crippen MR) is 82.8 cm³/mol. The Balaban J connectivity index is 1.73. The summed E-state index contributed by atoms with van der Waals surface area (Å²) in [5.41, 5.74) is 1.64. The van der Waals surface area contributed by atoms with Crippen LogP contribution in [0.5, 0.6) is 0 Å². The molecule has 0 atom stereocenters. The van der Waals surface area contributed by atoms with E-state index in [2.05, 4.69) is 32.1 Å². The van der Waals surface area contributed by atoms with Gasteiger partial charge >= 0.3 is 0 Å². The van der Waals surface area contributed by atoms with E-state index in [9.17, 15) is 0 Å². The Bertz CT molecular complexity index is 245. The predicted octanol–water partition coefficient (Wildman–Crippen LogP) is 6.43. The van der Waals surface area contributed by atoms with Crippen LogP contribution in [0.4, 0.5) is 0 Å². The maximum absolute atomic E-state index is 2.33. The van der Waals surface area contributed by atoms with Gasteiger partial charge in [0.15, 0.2) is 0 Å². The van der Waals surface area contributed by atoms with E-state index in [1.165, 1.54) is 70.6 Å². The lowest BCUT2D eigenvalue weighted by Crippen LogP contribution is -1.87. The van der Waals surface area contributed by atoms with Gasteiger partial charge in [-0.15, -0.1) is 0 Å². The third-order valence-electron chi connectivity index (χ3n) is 3.88. The van der Waals surface area contributed by atoms with Gasteiger partial charge in [-0.05, 0) is 25.2 Å². The summed E-state index contributed by atoms with van der Waals surface area (Å²) >= 11 is 0. The van der Waals surface area contributed by atoms with Crippen molar-refractivity contribution in [1.29, 1.82) is 0 Å². The Labute approximate surface area is 115 Å². The molecular weight excluding hydrogens is 216 g/mol. The first kappa shape index (κ1) is 15.5. The van der Waals surface area contributed by atoms with Gasteiger partial charge < -0.3 is 0 Å². The standard InChI is InChI=1S/C18H32/c1-17(2)13-9-7-5-3-4-6-8-10-14-18-15-11-12-16-18/h11-12,15,17H,3-10,13-14,16H2,1-2H3. The monoisotopic (exact) mass is 248 g/mol. The maximum Gasteiger partial charge on any atom is -0.0133 e. The van der Waals surface area contributed by atoms with Crippen LogP contribution in [0.1, 0.15) is 84.5 Å². The summed E-state index contributed by atoms with van der Waals surface area (Å²) in [5.74, 6) is 0.893. The average molecular weight is 248 g/mol. The summed E-state index contributed by atoms with van der Waals surface area (Å²) in [4.78, 5) is 0. The highest BCUT2D eigenvalue weighted by Crippen LogP contribution is 2.19. The zero-order chi connectivity index (χ0) is 13.1. The van der Waals surface area contributed by atoms with Crippen LogP contribution in [-0.4, -0.2) is 0 Å². The van der Waals surface area contributed by atoms with Gasteiger partial charge in [-0.1, -0.05) is 89.0 Å². The Morgan fingerprint density at radius 3 is 2.06 bits per heavy atom. The van der Waals surface area contributed by atoms with Gasteiger partial charge in [-0.3, -0.25) is 0 Å². The Morgan fingerprint density at radius 1 is 0.889 bits per heavy atom. The van der Waals surface area contributed by atoms with Gasteiger partial charge in [0.2, 0.25) is 0 Å². The largest absolute Gasteiger partial charge is 0.0805 e. The summed E-state index contributed by atoms with van der Waals surface area (Å²) < 4.78 is 0. The van der Waals surface area contributed by atoms with E-state index in [4.69, 9.17) is 0 Å². The molecule has 0 unspecified atom stereocenters. The molecule has 0 N–H and O–H groups in total. The molecule has 0 aliphatic heterocycles. The van der Waals surface area contributed by atoms with E-state index < -0.39 is 0 Å². The van der Waals surface area contributed by atoms with E-state index in [0.29, 0.717) is 0 Å². The summed E-state index contributed by atoms with van der Waals surface area (Å²) in [6.07, 6.45) is 22.3. The first-order valence-corrected chi connectivity index (χ1v) is 8.13. The van der Waals surface area contributed by atoms with E-state index in [0.717, 1.165) is 5.92 Å². The molecule has 18 heavy (non-hydrogen) atoms. The lowest BCUT2D eigenvalue weighted by Gasteiger charge is -2.05. The molecule has 1 rings (SSSR count). The molecule has 0 aromatic carbocycles. The molecule has 0 heterocycles. The Hall–Kier alpha value is -0.520. The molecular formula is C18H32. The fourth-order valence-corrected chi connectivity index (χ4v) is 2.64. The fraction of sp³-hybridized carbons (Fsp3) is 0.778. The van der Waals surface area contributed by atoms with E-state index in [-0.39, 0.29) is 0 Å². The van der Waals surface area contributed by atoms with E-state index in [1.54, 1.807) is 5.57 Å². The highest BCUT2D eigenvalue weighted by Gasteiger charge is 1.99. The zero-order valence-electron chi connectivity index (χ0n) is 12.6. The molecule has 1 aliphatic rings. The smallest absolute Gasteiger partial charge is 0.0133 e. The number of unbranched alkanes of at least 4 members (excludes halogenated alkanes) is 7. The van der Waals surface area contributed by atoms with Gasteiger partial charge in [0.05, 0.1) is 0 Å². The minimum Gasteiger partial charge on any atom is -0.0805 e. The quantitative estimate of drug-likeness (QED) is 0.370. The van der Waals surface area contributed by atoms with Crippen molar-refractivity contribution in [2.75, 3.05) is 0 Å². The fourth-order valence-electron chi connectivity index (χ4n) is 2.64. The third kappa shape index (κ3) is 8.55. The van der Waals surface area contributed by atoms with Crippen molar-refractivity contribution < 1.29 is 0 Å². The molecule has 0 spiro atoms. The minimum absolute atomic E-state index is 0.893. The number of hydrogen-bond acceptors (Lipinski definition) is 0. The van der Waals surface area contributed by atoms with Crippen molar-refractivity contribution in [3.05, 3.63) is 23.8 Å². The van der Waals surface area contributed by atoms with Gasteiger partial charge in [0, 0.05) is 0 Å². The molecule has 0 amide bonds. The molecule has 0 bridgehead atoms. The van der Waals surface area contributed by atoms with Crippen LogP contribution >= 0.6 is 0 Å². The van der Waals surface area contributed by atoms with Gasteiger partial charge in [-0.25, -0.2) is 0 Å². The van der Waals surface area contributed by atoms with Crippen LogP contribution < -0.4 is 0 Å². The van der Waals surface area contributed by atoms with Crippen LogP contribution in [0.15, 0.2) is 23.8 Å². The van der Waals surface area contributed by atoms with Crippen molar-refractivity contribution in [3.8, 4) is 0 Å². The van der Waals surface area contributed by atoms with E-state index >= 15 is 0 Å². The highest BCUT2D eigenvalue weighted by molar-refractivity contribution is 5.22. The van der Waals surface area contributed by atoms with Crippen molar-refractivity contribution in [1.82, 2.24) is 0 Å². The van der Waals surface area contributed by atoms with E-state index in [1.807, 2.05) is 0 Å². The lowest BCUT2D eigenvalue weighted by molar-refractivity contribution is 0.507. The van der Waals surface area contributed by atoms with Gasteiger partial charge in [0.1, 0.15) is 0 Å². The van der Waals surface area contributed by atoms with Crippen LogP contribution in [-0.2, 0) is 0 Å². The van der Waals surface area contributed by atoms with Crippen LogP contribution in [0.25, 0.3) is 0 Å². The molecule has 0 aromatic heterocycles. The topological polar surface area (TPSA) is 0 Å². The highest BCUT2D eigenvalue weighted by atomic mass is 14.1. The second-order valence-electron chi connectivity index (χ2n) is 6.22. The summed E-state index contributed by atoms with van der Waals surface area (Å²) in [5, 5.41) is 0. The first-order chi connectivity index (χ1) is 8.79.